The first kappa shape index (κ1) is 16.7. The molecule has 26 heavy (non-hydrogen) atoms. The summed E-state index contributed by atoms with van der Waals surface area (Å²) in [6, 6.07) is 14.0. The van der Waals surface area contributed by atoms with Gasteiger partial charge in [-0.15, -0.1) is 11.3 Å². The Bertz CT molecular complexity index is 1000. The number of fused-ring (bicyclic) bond motifs is 1. The van der Waals surface area contributed by atoms with E-state index in [1.807, 2.05) is 47.8 Å². The fraction of sp³-hybridized carbons (Fsp3) is 0.111. The summed E-state index contributed by atoms with van der Waals surface area (Å²) in [4.78, 5) is 15.5. The molecule has 1 aliphatic carbocycles. The molecule has 1 heterocycles. The summed E-state index contributed by atoms with van der Waals surface area (Å²) in [6.45, 7) is 0. The van der Waals surface area contributed by atoms with Crippen molar-refractivity contribution in [3.63, 3.8) is 0 Å². The summed E-state index contributed by atoms with van der Waals surface area (Å²) in [7, 11) is 0. The second kappa shape index (κ2) is 6.86. The van der Waals surface area contributed by atoms with Gasteiger partial charge in [-0.25, -0.2) is 4.98 Å². The molecule has 1 aromatic heterocycles. The first-order chi connectivity index (χ1) is 12.6. The number of hydrogen-bond donors (Lipinski definition) is 1. The average Bonchev–Trinajstić information content (AvgIpc) is 3.25. The molecule has 1 atom stereocenters. The summed E-state index contributed by atoms with van der Waals surface area (Å²) < 4.78 is 0. The Balaban J connectivity index is 1.56. The van der Waals surface area contributed by atoms with Crippen LogP contribution < -0.4 is 5.43 Å². The fourth-order valence-electron chi connectivity index (χ4n) is 2.94. The molecule has 6 nitrogen and oxygen atoms in total. The van der Waals surface area contributed by atoms with Crippen LogP contribution >= 0.6 is 22.9 Å². The molecule has 0 radical (unpaired) electrons. The standard InChI is InChI=1S/C18H13ClN4O2S/c19-12-7-5-11(6-8-12)16-10-26-18(20-16)22-21-15-9-17(23(24)25)14-4-2-1-3-13(14)15/h1-8,10,17H,9H2,(H,20,22)/b21-15+. The third-order valence-corrected chi connectivity index (χ3v) is 5.20. The van der Waals surface area contributed by atoms with Gasteiger partial charge in [0.1, 0.15) is 0 Å². The molecule has 1 aliphatic rings. The van der Waals surface area contributed by atoms with Gasteiger partial charge in [-0.05, 0) is 12.1 Å². The monoisotopic (exact) mass is 384 g/mol. The zero-order valence-electron chi connectivity index (χ0n) is 13.4. The van der Waals surface area contributed by atoms with Gasteiger partial charge in [-0.3, -0.25) is 15.5 Å². The topological polar surface area (TPSA) is 80.4 Å². The lowest BCUT2D eigenvalue weighted by molar-refractivity contribution is -0.526. The number of aromatic nitrogens is 1. The van der Waals surface area contributed by atoms with Gasteiger partial charge in [-0.1, -0.05) is 48.0 Å². The zero-order valence-corrected chi connectivity index (χ0v) is 15.0. The van der Waals surface area contributed by atoms with Crippen LogP contribution in [0.1, 0.15) is 23.6 Å². The summed E-state index contributed by atoms with van der Waals surface area (Å²) in [5, 5.41) is 18.9. The van der Waals surface area contributed by atoms with Crippen molar-refractivity contribution in [2.24, 2.45) is 5.10 Å². The zero-order chi connectivity index (χ0) is 18.1. The molecule has 0 aliphatic heterocycles. The Morgan fingerprint density at radius 1 is 1.23 bits per heavy atom. The molecule has 3 aromatic rings. The number of nitrogens with one attached hydrogen (secondary N) is 1. The molecule has 0 amide bonds. The van der Waals surface area contributed by atoms with Crippen LogP contribution in [0.4, 0.5) is 5.13 Å². The third-order valence-electron chi connectivity index (χ3n) is 4.20. The van der Waals surface area contributed by atoms with Gasteiger partial charge in [0.15, 0.2) is 0 Å². The number of halogens is 1. The minimum atomic E-state index is -0.743. The molecule has 0 bridgehead atoms. The van der Waals surface area contributed by atoms with Gasteiger partial charge in [0.05, 0.1) is 17.8 Å². The molecule has 2 aromatic carbocycles. The normalized spacial score (nSPS) is 17.3. The largest absolute Gasteiger partial charge is 0.264 e. The van der Waals surface area contributed by atoms with Gasteiger partial charge in [-0.2, -0.15) is 5.10 Å². The summed E-state index contributed by atoms with van der Waals surface area (Å²) in [5.74, 6) is 0. The summed E-state index contributed by atoms with van der Waals surface area (Å²) >= 11 is 7.33. The molecule has 0 fully saturated rings. The van der Waals surface area contributed by atoms with Crippen molar-refractivity contribution in [1.82, 2.24) is 4.98 Å². The third kappa shape index (κ3) is 3.18. The molecule has 0 saturated carbocycles. The molecular formula is C18H13ClN4O2S. The van der Waals surface area contributed by atoms with Crippen LogP contribution in [-0.2, 0) is 0 Å². The van der Waals surface area contributed by atoms with E-state index >= 15 is 0 Å². The highest BCUT2D eigenvalue weighted by Gasteiger charge is 2.35. The van der Waals surface area contributed by atoms with Crippen molar-refractivity contribution in [1.29, 1.82) is 0 Å². The van der Waals surface area contributed by atoms with Crippen molar-refractivity contribution in [3.05, 3.63) is 80.2 Å². The smallest absolute Gasteiger partial charge is 0.244 e. The van der Waals surface area contributed by atoms with Gasteiger partial charge in [0, 0.05) is 32.0 Å². The first-order valence-corrected chi connectivity index (χ1v) is 9.14. The Morgan fingerprint density at radius 3 is 2.77 bits per heavy atom. The summed E-state index contributed by atoms with van der Waals surface area (Å²) in [6.07, 6.45) is 0.273. The predicted molar refractivity (Wildman–Crippen MR) is 104 cm³/mol. The SMILES string of the molecule is O=[N+]([O-])C1C/C(=N\Nc2nc(-c3ccc(Cl)cc3)cs2)c2ccccc21. The number of hydrogen-bond acceptors (Lipinski definition) is 6. The maximum Gasteiger partial charge on any atom is 0.244 e. The Kier molecular flexibility index (Phi) is 4.40. The number of rotatable bonds is 4. The van der Waals surface area contributed by atoms with Gasteiger partial charge in [0.25, 0.3) is 0 Å². The van der Waals surface area contributed by atoms with E-state index in [9.17, 15) is 10.1 Å². The van der Waals surface area contributed by atoms with Gasteiger partial charge >= 0.3 is 0 Å². The highest BCUT2D eigenvalue weighted by atomic mass is 35.5. The molecule has 130 valence electrons. The van der Waals surface area contributed by atoms with Crippen molar-refractivity contribution < 1.29 is 4.92 Å². The second-order valence-corrected chi connectivity index (χ2v) is 7.10. The van der Waals surface area contributed by atoms with E-state index in [2.05, 4.69) is 15.5 Å². The van der Waals surface area contributed by atoms with E-state index in [1.54, 1.807) is 6.07 Å². The number of benzene rings is 2. The quantitative estimate of drug-likeness (QED) is 0.507. The minimum Gasteiger partial charge on any atom is -0.264 e. The molecular weight excluding hydrogens is 372 g/mol. The minimum absolute atomic E-state index is 0.261. The molecule has 1 unspecified atom stereocenters. The van der Waals surface area contributed by atoms with E-state index in [4.69, 9.17) is 11.6 Å². The number of nitro groups is 1. The van der Waals surface area contributed by atoms with Crippen LogP contribution in [0.15, 0.2) is 59.0 Å². The van der Waals surface area contributed by atoms with Crippen LogP contribution in [0.25, 0.3) is 11.3 Å². The van der Waals surface area contributed by atoms with Crippen LogP contribution in [0, 0.1) is 10.1 Å². The van der Waals surface area contributed by atoms with E-state index in [0.29, 0.717) is 21.4 Å². The Morgan fingerprint density at radius 2 is 2.00 bits per heavy atom. The van der Waals surface area contributed by atoms with Crippen LogP contribution in [0.2, 0.25) is 5.02 Å². The van der Waals surface area contributed by atoms with E-state index < -0.39 is 6.04 Å². The fourth-order valence-corrected chi connectivity index (χ4v) is 3.73. The van der Waals surface area contributed by atoms with Crippen LogP contribution in [-0.4, -0.2) is 15.6 Å². The molecule has 8 heteroatoms. The molecule has 1 N–H and O–H groups in total. The van der Waals surface area contributed by atoms with Crippen LogP contribution in [0.5, 0.6) is 0 Å². The van der Waals surface area contributed by atoms with Gasteiger partial charge < -0.3 is 0 Å². The maximum atomic E-state index is 11.3. The van der Waals surface area contributed by atoms with E-state index in [1.165, 1.54) is 11.3 Å². The van der Waals surface area contributed by atoms with E-state index in [-0.39, 0.29) is 11.3 Å². The highest BCUT2D eigenvalue weighted by Crippen LogP contribution is 2.34. The summed E-state index contributed by atoms with van der Waals surface area (Å²) in [5.41, 5.74) is 6.92. The highest BCUT2D eigenvalue weighted by molar-refractivity contribution is 7.14. The van der Waals surface area contributed by atoms with Crippen molar-refractivity contribution in [2.45, 2.75) is 12.5 Å². The van der Waals surface area contributed by atoms with Crippen molar-refractivity contribution in [3.8, 4) is 11.3 Å². The molecule has 0 saturated heterocycles. The Hall–Kier alpha value is -2.77. The Labute approximate surface area is 158 Å². The lowest BCUT2D eigenvalue weighted by Gasteiger charge is -2.00. The van der Waals surface area contributed by atoms with Gasteiger partial charge in [0.2, 0.25) is 11.2 Å². The van der Waals surface area contributed by atoms with Crippen molar-refractivity contribution >= 4 is 33.8 Å². The van der Waals surface area contributed by atoms with Crippen LogP contribution in [0.3, 0.4) is 0 Å². The number of thiazole rings is 1. The lowest BCUT2D eigenvalue weighted by atomic mass is 10.1. The molecule has 0 spiro atoms. The first-order valence-electron chi connectivity index (χ1n) is 7.88. The van der Waals surface area contributed by atoms with Crippen molar-refractivity contribution in [2.75, 3.05) is 5.43 Å². The maximum absolute atomic E-state index is 11.3. The number of anilines is 1. The number of nitrogens with zero attached hydrogens (tertiary/aromatic N) is 3. The number of hydrazone groups is 1. The second-order valence-electron chi connectivity index (χ2n) is 5.81. The average molecular weight is 385 g/mol. The lowest BCUT2D eigenvalue weighted by Crippen LogP contribution is -2.07. The predicted octanol–water partition coefficient (Wildman–Crippen LogP) is 5.00. The molecule has 4 rings (SSSR count). The van der Waals surface area contributed by atoms with E-state index in [0.717, 1.165) is 16.8 Å².